The molecule has 2 aromatic heterocycles. The molecule has 100 valence electrons. The van der Waals surface area contributed by atoms with Crippen LogP contribution in [0.25, 0.3) is 21.8 Å². The maximum absolute atomic E-state index is 4.76. The molecule has 4 nitrogen and oxygen atoms in total. The summed E-state index contributed by atoms with van der Waals surface area (Å²) in [6.45, 7) is 1.38. The molecule has 4 heteroatoms. The topological polar surface area (TPSA) is 44.2 Å². The normalized spacial score (nSPS) is 13.2. The van der Waals surface area contributed by atoms with Crippen molar-refractivity contribution in [1.29, 1.82) is 0 Å². The van der Waals surface area contributed by atoms with Crippen molar-refractivity contribution in [3.8, 4) is 0 Å². The average molecular weight is 266 g/mol. The summed E-state index contributed by atoms with van der Waals surface area (Å²) in [5.74, 6) is 0. The van der Waals surface area contributed by atoms with Gasteiger partial charge in [-0.15, -0.1) is 0 Å². The number of ether oxygens (including phenoxy) is 2. The summed E-state index contributed by atoms with van der Waals surface area (Å²) < 4.78 is 9.53. The zero-order chi connectivity index (χ0) is 13.6. The van der Waals surface area contributed by atoms with E-state index in [1.54, 1.807) is 18.7 Å². The third-order valence-corrected chi connectivity index (χ3v) is 2.92. The Morgan fingerprint density at radius 3 is 2.30 bits per heavy atom. The minimum atomic E-state index is 0.691. The molecule has 1 aliphatic rings. The van der Waals surface area contributed by atoms with Crippen LogP contribution in [0.4, 0.5) is 0 Å². The Balaban J connectivity index is 0.000000170. The summed E-state index contributed by atoms with van der Waals surface area (Å²) >= 11 is 0. The third kappa shape index (κ3) is 2.69. The molecular weight excluding hydrogens is 252 g/mol. The van der Waals surface area contributed by atoms with Crippen LogP contribution in [-0.2, 0) is 9.47 Å². The molecule has 0 aliphatic carbocycles. The zero-order valence-electron chi connectivity index (χ0n) is 10.9. The maximum Gasteiger partial charge on any atom is 0.121 e. The van der Waals surface area contributed by atoms with Crippen molar-refractivity contribution in [3.05, 3.63) is 61.3 Å². The van der Waals surface area contributed by atoms with Gasteiger partial charge in [-0.3, -0.25) is 9.97 Å². The third-order valence-electron chi connectivity index (χ3n) is 2.92. The van der Waals surface area contributed by atoms with Gasteiger partial charge >= 0.3 is 0 Å². The van der Waals surface area contributed by atoms with Crippen LogP contribution >= 0.6 is 0 Å². The van der Waals surface area contributed by atoms with Gasteiger partial charge in [-0.25, -0.2) is 0 Å². The van der Waals surface area contributed by atoms with Crippen LogP contribution in [-0.4, -0.2) is 23.2 Å². The monoisotopic (exact) mass is 266 g/mol. The van der Waals surface area contributed by atoms with Gasteiger partial charge in [0.25, 0.3) is 0 Å². The van der Waals surface area contributed by atoms with E-state index in [4.69, 9.17) is 9.47 Å². The van der Waals surface area contributed by atoms with Crippen LogP contribution in [0, 0.1) is 0 Å². The van der Waals surface area contributed by atoms with Crippen molar-refractivity contribution in [2.24, 2.45) is 0 Å². The second kappa shape index (κ2) is 6.02. The standard InChI is InChI=1S/C12H8N2.C4H6O2/c1-3-9-5-6-11-10(4-2-7-13-11)12(9)14-8-1;1-2-6-4-3-5-1/h1-8H;1-2H,3-4H2. The number of nitrogens with zero attached hydrogens (tertiary/aromatic N) is 2. The van der Waals surface area contributed by atoms with E-state index in [1.807, 2.05) is 24.4 Å². The van der Waals surface area contributed by atoms with E-state index in [1.165, 1.54) is 0 Å². The van der Waals surface area contributed by atoms with E-state index in [0.717, 1.165) is 21.8 Å². The van der Waals surface area contributed by atoms with E-state index >= 15 is 0 Å². The highest BCUT2D eigenvalue weighted by Gasteiger charge is 1.99. The largest absolute Gasteiger partial charge is 0.494 e. The summed E-state index contributed by atoms with van der Waals surface area (Å²) in [7, 11) is 0. The van der Waals surface area contributed by atoms with Gasteiger partial charge in [-0.2, -0.15) is 0 Å². The Morgan fingerprint density at radius 1 is 0.800 bits per heavy atom. The van der Waals surface area contributed by atoms with Gasteiger partial charge in [0.2, 0.25) is 0 Å². The van der Waals surface area contributed by atoms with Crippen LogP contribution in [0.5, 0.6) is 0 Å². The van der Waals surface area contributed by atoms with Crippen LogP contribution < -0.4 is 0 Å². The molecule has 0 bridgehead atoms. The van der Waals surface area contributed by atoms with E-state index in [9.17, 15) is 0 Å². The lowest BCUT2D eigenvalue weighted by Crippen LogP contribution is -2.00. The van der Waals surface area contributed by atoms with Crippen LogP contribution in [0.3, 0.4) is 0 Å². The van der Waals surface area contributed by atoms with Crippen molar-refractivity contribution in [2.45, 2.75) is 0 Å². The molecule has 0 saturated carbocycles. The summed E-state index contributed by atoms with van der Waals surface area (Å²) in [5.41, 5.74) is 2.02. The predicted molar refractivity (Wildman–Crippen MR) is 78.1 cm³/mol. The molecule has 0 radical (unpaired) electrons. The fourth-order valence-electron chi connectivity index (χ4n) is 2.01. The molecule has 3 heterocycles. The van der Waals surface area contributed by atoms with Gasteiger partial charge in [-0.05, 0) is 24.3 Å². The number of fused-ring (bicyclic) bond motifs is 3. The first-order valence-corrected chi connectivity index (χ1v) is 6.42. The quantitative estimate of drug-likeness (QED) is 0.586. The Morgan fingerprint density at radius 2 is 1.55 bits per heavy atom. The molecular formula is C16H14N2O2. The van der Waals surface area contributed by atoms with Gasteiger partial charge in [0.15, 0.2) is 0 Å². The van der Waals surface area contributed by atoms with Gasteiger partial charge in [-0.1, -0.05) is 12.1 Å². The molecule has 0 amide bonds. The maximum atomic E-state index is 4.76. The Kier molecular flexibility index (Phi) is 3.73. The molecule has 0 N–H and O–H groups in total. The Hall–Kier alpha value is -2.62. The summed E-state index contributed by atoms with van der Waals surface area (Å²) in [6.07, 6.45) is 6.71. The van der Waals surface area contributed by atoms with Crippen LogP contribution in [0.15, 0.2) is 61.3 Å². The minimum Gasteiger partial charge on any atom is -0.494 e. The van der Waals surface area contributed by atoms with Crippen molar-refractivity contribution in [2.75, 3.05) is 13.2 Å². The Bertz CT molecular complexity index is 678. The van der Waals surface area contributed by atoms with Gasteiger partial charge < -0.3 is 9.47 Å². The van der Waals surface area contributed by atoms with Crippen LogP contribution in [0.1, 0.15) is 0 Å². The van der Waals surface area contributed by atoms with Gasteiger partial charge in [0.05, 0.1) is 11.0 Å². The first-order valence-electron chi connectivity index (χ1n) is 6.42. The van der Waals surface area contributed by atoms with Crippen molar-refractivity contribution >= 4 is 21.8 Å². The number of benzene rings is 1. The molecule has 0 unspecified atom stereocenters. The zero-order valence-corrected chi connectivity index (χ0v) is 10.9. The van der Waals surface area contributed by atoms with E-state index in [0.29, 0.717) is 13.2 Å². The fraction of sp³-hybridized carbons (Fsp3) is 0.125. The molecule has 4 rings (SSSR count). The van der Waals surface area contributed by atoms with Gasteiger partial charge in [0, 0.05) is 23.2 Å². The number of hydrogen-bond donors (Lipinski definition) is 0. The second-order valence-corrected chi connectivity index (χ2v) is 4.22. The van der Waals surface area contributed by atoms with Crippen molar-refractivity contribution in [3.63, 3.8) is 0 Å². The van der Waals surface area contributed by atoms with E-state index < -0.39 is 0 Å². The molecule has 0 saturated heterocycles. The Labute approximate surface area is 116 Å². The van der Waals surface area contributed by atoms with E-state index in [2.05, 4.69) is 28.2 Å². The average Bonchev–Trinajstić information content (AvgIpc) is 2.57. The lowest BCUT2D eigenvalue weighted by molar-refractivity contribution is 0.108. The van der Waals surface area contributed by atoms with Gasteiger partial charge in [0.1, 0.15) is 25.7 Å². The summed E-state index contributed by atoms with van der Waals surface area (Å²) in [4.78, 5) is 8.66. The molecule has 20 heavy (non-hydrogen) atoms. The molecule has 1 aromatic carbocycles. The highest BCUT2D eigenvalue weighted by Crippen LogP contribution is 2.20. The highest BCUT2D eigenvalue weighted by molar-refractivity contribution is 6.03. The minimum absolute atomic E-state index is 0.691. The number of hydrogen-bond acceptors (Lipinski definition) is 4. The highest BCUT2D eigenvalue weighted by atomic mass is 16.5. The predicted octanol–water partition coefficient (Wildman–Crippen LogP) is 3.29. The summed E-state index contributed by atoms with van der Waals surface area (Å²) in [5, 5.41) is 2.28. The smallest absolute Gasteiger partial charge is 0.121 e. The fourth-order valence-corrected chi connectivity index (χ4v) is 2.01. The molecule has 3 aromatic rings. The SMILES string of the molecule is C1=COCCO1.c1cnc2c(c1)ccc1ncccc12. The summed E-state index contributed by atoms with van der Waals surface area (Å²) in [6, 6.07) is 12.1. The first-order chi connectivity index (χ1) is 9.95. The number of aromatic nitrogens is 2. The molecule has 1 aliphatic heterocycles. The lowest BCUT2D eigenvalue weighted by Gasteiger charge is -2.04. The van der Waals surface area contributed by atoms with E-state index in [-0.39, 0.29) is 0 Å². The number of pyridine rings is 2. The molecule has 0 fully saturated rings. The number of rotatable bonds is 0. The van der Waals surface area contributed by atoms with Crippen LogP contribution in [0.2, 0.25) is 0 Å². The van der Waals surface area contributed by atoms with Crippen molar-refractivity contribution in [1.82, 2.24) is 9.97 Å². The molecule has 0 spiro atoms. The molecule has 0 atom stereocenters. The lowest BCUT2D eigenvalue weighted by atomic mass is 10.1. The first kappa shape index (κ1) is 12.4. The van der Waals surface area contributed by atoms with Crippen molar-refractivity contribution < 1.29 is 9.47 Å². The second-order valence-electron chi connectivity index (χ2n) is 4.22.